The fraction of sp³-hybridized carbons (Fsp3) is 0.323. The van der Waals surface area contributed by atoms with Crippen molar-refractivity contribution in [2.75, 3.05) is 30.9 Å². The SMILES string of the molecule is CN(C)c1nc(N[C@H]2CC[C@@H](CNC(=S)NC(c3ccccc3)c3ccccc3)CC2)nc2ccccc12. The number of benzene rings is 3. The number of rotatable bonds is 8. The first-order valence-electron chi connectivity index (χ1n) is 13.4. The lowest BCUT2D eigenvalue weighted by Gasteiger charge is -2.30. The quantitative estimate of drug-likeness (QED) is 0.247. The van der Waals surface area contributed by atoms with Crippen molar-refractivity contribution in [3.05, 3.63) is 96.1 Å². The first-order chi connectivity index (χ1) is 18.6. The summed E-state index contributed by atoms with van der Waals surface area (Å²) in [4.78, 5) is 11.6. The zero-order valence-electron chi connectivity index (χ0n) is 22.1. The van der Waals surface area contributed by atoms with Gasteiger partial charge in [-0.25, -0.2) is 4.98 Å². The van der Waals surface area contributed by atoms with Crippen molar-refractivity contribution < 1.29 is 0 Å². The van der Waals surface area contributed by atoms with Crippen molar-refractivity contribution in [1.82, 2.24) is 20.6 Å². The molecule has 1 fully saturated rings. The summed E-state index contributed by atoms with van der Waals surface area (Å²) in [6, 6.07) is 29.5. The number of hydrogen-bond acceptors (Lipinski definition) is 5. The van der Waals surface area contributed by atoms with Gasteiger partial charge in [0.15, 0.2) is 5.11 Å². The van der Waals surface area contributed by atoms with Crippen LogP contribution in [0.4, 0.5) is 11.8 Å². The van der Waals surface area contributed by atoms with Crippen molar-refractivity contribution in [2.24, 2.45) is 5.92 Å². The van der Waals surface area contributed by atoms with Crippen LogP contribution >= 0.6 is 12.2 Å². The standard InChI is InChI=1S/C31H36N6S/c1-37(2)29-26-15-9-10-16-27(26)34-30(36-29)33-25-19-17-22(18-20-25)21-32-31(38)35-28(23-11-5-3-6-12-23)24-13-7-4-8-14-24/h3-16,22,25,28H,17-21H2,1-2H3,(H2,32,35,38)(H,33,34,36)/t22-,25+. The summed E-state index contributed by atoms with van der Waals surface area (Å²) in [6.45, 7) is 0.881. The van der Waals surface area contributed by atoms with Crippen LogP contribution in [0.2, 0.25) is 0 Å². The minimum atomic E-state index is 0.0198. The van der Waals surface area contributed by atoms with Crippen molar-refractivity contribution in [1.29, 1.82) is 0 Å². The topological polar surface area (TPSA) is 65.1 Å². The van der Waals surface area contributed by atoms with Gasteiger partial charge in [0.25, 0.3) is 0 Å². The van der Waals surface area contributed by atoms with Crippen LogP contribution in [0.5, 0.6) is 0 Å². The maximum absolute atomic E-state index is 5.73. The predicted octanol–water partition coefficient (Wildman–Crippen LogP) is 5.92. The van der Waals surface area contributed by atoms with Gasteiger partial charge in [0.05, 0.1) is 11.6 Å². The normalized spacial score (nSPS) is 17.2. The summed E-state index contributed by atoms with van der Waals surface area (Å²) < 4.78 is 0. The van der Waals surface area contributed by atoms with Crippen LogP contribution in [-0.4, -0.2) is 41.8 Å². The number of aromatic nitrogens is 2. The van der Waals surface area contributed by atoms with Crippen LogP contribution in [0, 0.1) is 5.92 Å². The van der Waals surface area contributed by atoms with Crippen LogP contribution in [0.3, 0.4) is 0 Å². The third-order valence-electron chi connectivity index (χ3n) is 7.28. The lowest BCUT2D eigenvalue weighted by Crippen LogP contribution is -2.41. The molecule has 3 N–H and O–H groups in total. The molecule has 0 aliphatic heterocycles. The van der Waals surface area contributed by atoms with E-state index in [2.05, 4.69) is 81.5 Å². The Balaban J connectivity index is 1.14. The van der Waals surface area contributed by atoms with Crippen molar-refractivity contribution in [3.63, 3.8) is 0 Å². The molecule has 0 unspecified atom stereocenters. The molecule has 5 rings (SSSR count). The number of nitrogens with one attached hydrogen (secondary N) is 3. The third kappa shape index (κ3) is 6.40. The Morgan fingerprint density at radius 3 is 2.08 bits per heavy atom. The van der Waals surface area contributed by atoms with Crippen LogP contribution in [0.25, 0.3) is 10.9 Å². The van der Waals surface area contributed by atoms with E-state index in [4.69, 9.17) is 22.2 Å². The number of para-hydroxylation sites is 1. The molecule has 0 bridgehead atoms. The molecule has 6 nitrogen and oxygen atoms in total. The number of nitrogens with zero attached hydrogens (tertiary/aromatic N) is 3. The first-order valence-corrected chi connectivity index (χ1v) is 13.8. The Morgan fingerprint density at radius 2 is 1.45 bits per heavy atom. The van der Waals surface area contributed by atoms with Crippen LogP contribution in [-0.2, 0) is 0 Å². The van der Waals surface area contributed by atoms with Gasteiger partial charge in [-0.1, -0.05) is 72.8 Å². The van der Waals surface area contributed by atoms with Gasteiger partial charge in [0, 0.05) is 32.1 Å². The Kier molecular flexibility index (Phi) is 8.34. The Morgan fingerprint density at radius 1 is 0.842 bits per heavy atom. The van der Waals surface area contributed by atoms with E-state index in [0.29, 0.717) is 23.0 Å². The Labute approximate surface area is 230 Å². The molecular weight excluding hydrogens is 488 g/mol. The highest BCUT2D eigenvalue weighted by molar-refractivity contribution is 7.80. The lowest BCUT2D eigenvalue weighted by atomic mass is 9.86. The molecule has 7 heteroatoms. The zero-order valence-corrected chi connectivity index (χ0v) is 22.9. The molecule has 1 aliphatic rings. The molecule has 1 saturated carbocycles. The highest BCUT2D eigenvalue weighted by atomic mass is 32.1. The first kappa shape index (κ1) is 25.9. The largest absolute Gasteiger partial charge is 0.362 e. The maximum Gasteiger partial charge on any atom is 0.225 e. The monoisotopic (exact) mass is 524 g/mol. The second-order valence-corrected chi connectivity index (χ2v) is 10.7. The molecule has 1 aliphatic carbocycles. The smallest absolute Gasteiger partial charge is 0.225 e. The fourth-order valence-corrected chi connectivity index (χ4v) is 5.43. The summed E-state index contributed by atoms with van der Waals surface area (Å²) >= 11 is 5.73. The van der Waals surface area contributed by atoms with Gasteiger partial charge in [-0.15, -0.1) is 0 Å². The summed E-state index contributed by atoms with van der Waals surface area (Å²) in [7, 11) is 4.05. The molecule has 1 heterocycles. The highest BCUT2D eigenvalue weighted by Gasteiger charge is 2.23. The molecule has 0 atom stereocenters. The number of thiocarbonyl (C=S) groups is 1. The molecule has 0 saturated heterocycles. The fourth-order valence-electron chi connectivity index (χ4n) is 5.23. The molecule has 4 aromatic rings. The Bertz CT molecular complexity index is 1300. The van der Waals surface area contributed by atoms with Gasteiger partial charge in [-0.05, 0) is 67.1 Å². The highest BCUT2D eigenvalue weighted by Crippen LogP contribution is 2.28. The van der Waals surface area contributed by atoms with E-state index in [0.717, 1.165) is 48.9 Å². The van der Waals surface area contributed by atoms with Crippen LogP contribution in [0.1, 0.15) is 42.9 Å². The predicted molar refractivity (Wildman–Crippen MR) is 162 cm³/mol. The van der Waals surface area contributed by atoms with Crippen molar-refractivity contribution in [2.45, 2.75) is 37.8 Å². The lowest BCUT2D eigenvalue weighted by molar-refractivity contribution is 0.335. The minimum Gasteiger partial charge on any atom is -0.362 e. The number of fused-ring (bicyclic) bond motifs is 1. The zero-order chi connectivity index (χ0) is 26.3. The van der Waals surface area contributed by atoms with E-state index >= 15 is 0 Å². The molecule has 196 valence electrons. The van der Waals surface area contributed by atoms with E-state index < -0.39 is 0 Å². The maximum atomic E-state index is 5.73. The van der Waals surface area contributed by atoms with E-state index in [1.54, 1.807) is 0 Å². The Hall–Kier alpha value is -3.71. The molecule has 0 radical (unpaired) electrons. The van der Waals surface area contributed by atoms with Crippen molar-refractivity contribution in [3.8, 4) is 0 Å². The minimum absolute atomic E-state index is 0.0198. The number of hydrogen-bond donors (Lipinski definition) is 3. The van der Waals surface area contributed by atoms with Gasteiger partial charge < -0.3 is 20.9 Å². The summed E-state index contributed by atoms with van der Waals surface area (Å²) in [6.07, 6.45) is 4.47. The van der Waals surface area contributed by atoms with Gasteiger partial charge in [0.1, 0.15) is 5.82 Å². The molecule has 38 heavy (non-hydrogen) atoms. The van der Waals surface area contributed by atoms with E-state index in [-0.39, 0.29) is 6.04 Å². The van der Waals surface area contributed by atoms with E-state index in [9.17, 15) is 0 Å². The van der Waals surface area contributed by atoms with Gasteiger partial charge >= 0.3 is 0 Å². The second kappa shape index (κ2) is 12.2. The molecule has 0 spiro atoms. The summed E-state index contributed by atoms with van der Waals surface area (Å²) in [5, 5.41) is 12.4. The average Bonchev–Trinajstić information content (AvgIpc) is 2.96. The van der Waals surface area contributed by atoms with Gasteiger partial charge in [0.2, 0.25) is 5.95 Å². The number of anilines is 2. The molecule has 3 aromatic carbocycles. The average molecular weight is 525 g/mol. The summed E-state index contributed by atoms with van der Waals surface area (Å²) in [5.74, 6) is 2.25. The third-order valence-corrected chi connectivity index (χ3v) is 7.54. The van der Waals surface area contributed by atoms with E-state index in [1.165, 1.54) is 11.1 Å². The van der Waals surface area contributed by atoms with Crippen molar-refractivity contribution >= 4 is 40.0 Å². The molecule has 0 amide bonds. The second-order valence-electron chi connectivity index (χ2n) is 10.3. The van der Waals surface area contributed by atoms with Gasteiger partial charge in [-0.3, -0.25) is 0 Å². The van der Waals surface area contributed by atoms with E-state index in [1.807, 2.05) is 38.4 Å². The van der Waals surface area contributed by atoms with Crippen LogP contribution in [0.15, 0.2) is 84.9 Å². The van der Waals surface area contributed by atoms with Crippen LogP contribution < -0.4 is 20.9 Å². The molecule has 1 aromatic heterocycles. The molecular formula is C31H36N6S. The summed E-state index contributed by atoms with van der Waals surface area (Å²) in [5.41, 5.74) is 3.36. The van der Waals surface area contributed by atoms with Gasteiger partial charge in [-0.2, -0.15) is 4.98 Å².